The van der Waals surface area contributed by atoms with Crippen molar-refractivity contribution in [2.75, 3.05) is 13.2 Å². The van der Waals surface area contributed by atoms with Gasteiger partial charge in [-0.25, -0.2) is 4.79 Å². The van der Waals surface area contributed by atoms with E-state index in [-0.39, 0.29) is 12.1 Å². The third-order valence-corrected chi connectivity index (χ3v) is 3.98. The van der Waals surface area contributed by atoms with Gasteiger partial charge in [0, 0.05) is 35.1 Å². The SMILES string of the molecule is CCOC(=O)N1CCc2[nH]c3cccc(C(=O)N=C(N)N)c3c2C1. The number of ether oxygens (including phenoxy) is 1. The van der Waals surface area contributed by atoms with Crippen LogP contribution < -0.4 is 11.5 Å². The van der Waals surface area contributed by atoms with Crippen LogP contribution in [-0.2, 0) is 17.7 Å². The van der Waals surface area contributed by atoms with Crippen LogP contribution in [-0.4, -0.2) is 41.0 Å². The molecular weight excluding hydrogens is 310 g/mol. The standard InChI is InChI=1S/C16H19N5O3/c1-2-24-16(23)21-7-6-11-10(8-21)13-9(14(22)20-15(17)18)4-3-5-12(13)19-11/h3-5,19H,2,6-8H2,1H3,(H4,17,18,20,22). The van der Waals surface area contributed by atoms with Gasteiger partial charge < -0.3 is 26.1 Å². The summed E-state index contributed by atoms with van der Waals surface area (Å²) in [4.78, 5) is 32.9. The Morgan fingerprint density at radius 2 is 2.17 bits per heavy atom. The molecule has 24 heavy (non-hydrogen) atoms. The molecule has 0 radical (unpaired) electrons. The summed E-state index contributed by atoms with van der Waals surface area (Å²) in [6.45, 7) is 3.03. The molecule has 1 aromatic heterocycles. The zero-order valence-corrected chi connectivity index (χ0v) is 13.3. The normalized spacial score (nSPS) is 13.5. The van der Waals surface area contributed by atoms with Crippen molar-refractivity contribution in [3.05, 3.63) is 35.0 Å². The highest BCUT2D eigenvalue weighted by atomic mass is 16.6. The lowest BCUT2D eigenvalue weighted by atomic mass is 10.0. The van der Waals surface area contributed by atoms with Crippen molar-refractivity contribution in [3.8, 4) is 0 Å². The molecule has 3 rings (SSSR count). The molecule has 2 amide bonds. The third-order valence-electron chi connectivity index (χ3n) is 3.98. The Kier molecular flexibility index (Phi) is 4.11. The van der Waals surface area contributed by atoms with E-state index in [2.05, 4.69) is 9.98 Å². The molecule has 8 heteroatoms. The molecule has 0 fully saturated rings. The number of hydrogen-bond donors (Lipinski definition) is 3. The van der Waals surface area contributed by atoms with Gasteiger partial charge in [-0.1, -0.05) is 6.07 Å². The van der Waals surface area contributed by atoms with Crippen molar-refractivity contribution in [3.63, 3.8) is 0 Å². The summed E-state index contributed by atoms with van der Waals surface area (Å²) in [5.74, 6) is -0.787. The highest BCUT2D eigenvalue weighted by molar-refractivity contribution is 6.11. The van der Waals surface area contributed by atoms with Crippen LogP contribution in [0.3, 0.4) is 0 Å². The molecule has 0 bridgehead atoms. The fourth-order valence-electron chi connectivity index (χ4n) is 3.00. The number of guanidine groups is 1. The fourth-order valence-corrected chi connectivity index (χ4v) is 3.00. The summed E-state index contributed by atoms with van der Waals surface area (Å²) in [7, 11) is 0. The second-order valence-electron chi connectivity index (χ2n) is 5.52. The monoisotopic (exact) mass is 329 g/mol. The molecule has 0 saturated carbocycles. The maximum Gasteiger partial charge on any atom is 0.410 e. The molecule has 0 aliphatic carbocycles. The van der Waals surface area contributed by atoms with Crippen molar-refractivity contribution in [1.29, 1.82) is 0 Å². The molecule has 2 aromatic rings. The minimum absolute atomic E-state index is 0.283. The van der Waals surface area contributed by atoms with Gasteiger partial charge in [0.1, 0.15) is 0 Å². The van der Waals surface area contributed by atoms with E-state index in [0.717, 1.165) is 22.2 Å². The van der Waals surface area contributed by atoms with E-state index in [0.29, 0.717) is 31.7 Å². The Bertz CT molecular complexity index is 836. The lowest BCUT2D eigenvalue weighted by Gasteiger charge is -2.26. The number of aromatic amines is 1. The number of nitrogens with two attached hydrogens (primary N) is 2. The van der Waals surface area contributed by atoms with Gasteiger partial charge in [0.2, 0.25) is 0 Å². The number of carbonyl (C=O) groups is 2. The second-order valence-corrected chi connectivity index (χ2v) is 5.52. The van der Waals surface area contributed by atoms with Crippen LogP contribution in [0.5, 0.6) is 0 Å². The van der Waals surface area contributed by atoms with Crippen LogP contribution in [0.15, 0.2) is 23.2 Å². The van der Waals surface area contributed by atoms with E-state index in [1.54, 1.807) is 24.0 Å². The number of aliphatic imine (C=N–C) groups is 1. The van der Waals surface area contributed by atoms with Crippen molar-refractivity contribution in [2.24, 2.45) is 16.5 Å². The largest absolute Gasteiger partial charge is 0.450 e. The van der Waals surface area contributed by atoms with E-state index < -0.39 is 5.91 Å². The molecule has 1 aliphatic rings. The number of nitrogens with one attached hydrogen (secondary N) is 1. The highest BCUT2D eigenvalue weighted by Crippen LogP contribution is 2.31. The maximum absolute atomic E-state index is 12.3. The lowest BCUT2D eigenvalue weighted by Crippen LogP contribution is -2.36. The van der Waals surface area contributed by atoms with Gasteiger partial charge >= 0.3 is 6.09 Å². The summed E-state index contributed by atoms with van der Waals surface area (Å²) in [5.41, 5.74) is 13.8. The zero-order chi connectivity index (χ0) is 17.3. The predicted octanol–water partition coefficient (Wildman–Crippen LogP) is 1.10. The summed E-state index contributed by atoms with van der Waals surface area (Å²) >= 11 is 0. The molecule has 0 atom stereocenters. The van der Waals surface area contributed by atoms with E-state index in [9.17, 15) is 9.59 Å². The first-order valence-corrected chi connectivity index (χ1v) is 7.69. The van der Waals surface area contributed by atoms with E-state index in [1.807, 2.05) is 6.07 Å². The molecule has 8 nitrogen and oxygen atoms in total. The van der Waals surface area contributed by atoms with Crippen LogP contribution >= 0.6 is 0 Å². The molecule has 0 spiro atoms. The van der Waals surface area contributed by atoms with Gasteiger partial charge in [-0.3, -0.25) is 4.79 Å². The number of hydrogen-bond acceptors (Lipinski definition) is 3. The second kappa shape index (κ2) is 6.23. The Morgan fingerprint density at radius 3 is 2.88 bits per heavy atom. The Balaban J connectivity index is 2.06. The quantitative estimate of drug-likeness (QED) is 0.561. The van der Waals surface area contributed by atoms with Crippen LogP contribution in [0.1, 0.15) is 28.5 Å². The average Bonchev–Trinajstić information content (AvgIpc) is 2.92. The summed E-state index contributed by atoms with van der Waals surface area (Å²) < 4.78 is 5.07. The van der Waals surface area contributed by atoms with Gasteiger partial charge in [-0.15, -0.1) is 0 Å². The zero-order valence-electron chi connectivity index (χ0n) is 13.3. The summed E-state index contributed by atoms with van der Waals surface area (Å²) in [6, 6.07) is 5.33. The number of nitrogens with zero attached hydrogens (tertiary/aromatic N) is 2. The molecule has 5 N–H and O–H groups in total. The van der Waals surface area contributed by atoms with E-state index in [1.165, 1.54) is 0 Å². The van der Waals surface area contributed by atoms with Crippen LogP contribution in [0.4, 0.5) is 4.79 Å². The van der Waals surface area contributed by atoms with Gasteiger partial charge in [0.15, 0.2) is 5.96 Å². The van der Waals surface area contributed by atoms with Crippen LogP contribution in [0, 0.1) is 0 Å². The van der Waals surface area contributed by atoms with Gasteiger partial charge in [0.05, 0.1) is 18.7 Å². The number of carbonyl (C=O) groups excluding carboxylic acids is 2. The number of aromatic nitrogens is 1. The first-order valence-electron chi connectivity index (χ1n) is 7.69. The molecule has 1 aromatic carbocycles. The third kappa shape index (κ3) is 2.78. The van der Waals surface area contributed by atoms with E-state index in [4.69, 9.17) is 16.2 Å². The average molecular weight is 329 g/mol. The number of benzene rings is 1. The van der Waals surface area contributed by atoms with Gasteiger partial charge in [-0.2, -0.15) is 4.99 Å². The maximum atomic E-state index is 12.3. The molecule has 0 unspecified atom stereocenters. The first kappa shape index (κ1) is 15.9. The Hall–Kier alpha value is -3.03. The van der Waals surface area contributed by atoms with Crippen molar-refractivity contribution < 1.29 is 14.3 Å². The molecular formula is C16H19N5O3. The van der Waals surface area contributed by atoms with Crippen molar-refractivity contribution in [1.82, 2.24) is 9.88 Å². The Labute approximate surface area is 138 Å². The van der Waals surface area contributed by atoms with Crippen molar-refractivity contribution in [2.45, 2.75) is 19.9 Å². The molecule has 0 saturated heterocycles. The van der Waals surface area contributed by atoms with Crippen LogP contribution in [0.2, 0.25) is 0 Å². The summed E-state index contributed by atoms with van der Waals surface area (Å²) in [5, 5.41) is 0.747. The minimum Gasteiger partial charge on any atom is -0.450 e. The number of amides is 2. The lowest BCUT2D eigenvalue weighted by molar-refractivity contribution is 0.100. The molecule has 126 valence electrons. The van der Waals surface area contributed by atoms with Gasteiger partial charge in [0.25, 0.3) is 5.91 Å². The smallest absolute Gasteiger partial charge is 0.410 e. The van der Waals surface area contributed by atoms with Crippen LogP contribution in [0.25, 0.3) is 10.9 Å². The highest BCUT2D eigenvalue weighted by Gasteiger charge is 2.26. The number of rotatable bonds is 2. The first-order chi connectivity index (χ1) is 11.5. The fraction of sp³-hybridized carbons (Fsp3) is 0.312. The summed E-state index contributed by atoms with van der Waals surface area (Å²) in [6.07, 6.45) is 0.309. The number of fused-ring (bicyclic) bond motifs is 3. The predicted molar refractivity (Wildman–Crippen MR) is 89.6 cm³/mol. The van der Waals surface area contributed by atoms with Crippen molar-refractivity contribution >= 4 is 28.9 Å². The number of H-pyrrole nitrogens is 1. The van der Waals surface area contributed by atoms with Gasteiger partial charge in [-0.05, 0) is 19.1 Å². The molecule has 2 heterocycles. The van der Waals surface area contributed by atoms with E-state index >= 15 is 0 Å². The Morgan fingerprint density at radius 1 is 1.38 bits per heavy atom. The molecule has 1 aliphatic heterocycles. The topological polar surface area (TPSA) is 127 Å². The minimum atomic E-state index is -0.504.